The lowest BCUT2D eigenvalue weighted by molar-refractivity contribution is -0.132. The van der Waals surface area contributed by atoms with Gasteiger partial charge in [0.2, 0.25) is 0 Å². The zero-order valence-electron chi connectivity index (χ0n) is 21.3. The molecule has 1 heterocycles. The number of carbonyl (C=O) groups is 2. The smallest absolute Gasteiger partial charge is 0.300 e. The monoisotopic (exact) mass is 519 g/mol. The van der Waals surface area contributed by atoms with Gasteiger partial charge in [0.1, 0.15) is 17.3 Å². The van der Waals surface area contributed by atoms with E-state index in [1.165, 1.54) is 4.90 Å². The molecule has 0 saturated carbocycles. The topological polar surface area (TPSA) is 76.1 Å². The third-order valence-corrected chi connectivity index (χ3v) is 6.62. The average molecular weight is 520 g/mol. The van der Waals surface area contributed by atoms with E-state index >= 15 is 0 Å². The molecule has 6 nitrogen and oxygen atoms in total. The number of anilines is 1. The number of aliphatic hydroxyl groups excluding tert-OH is 1. The van der Waals surface area contributed by atoms with Crippen molar-refractivity contribution in [2.24, 2.45) is 0 Å². The van der Waals surface area contributed by atoms with Crippen LogP contribution in [0.1, 0.15) is 56.3 Å². The minimum absolute atomic E-state index is 0.0438. The standard InChI is InChI=1S/C30H30ClNO5/c1-5-36-22-13-9-20(10-14-22)27-26(28(33)24-17-23(37-6-2)15-16-25(24)31)29(34)30(35)32(27)21-11-7-19(8-12-21)18(3)4/h7-18,27,33H,5-6H2,1-4H3/b28-26+. The first-order valence-electron chi connectivity index (χ1n) is 12.3. The first-order valence-corrected chi connectivity index (χ1v) is 12.7. The molecule has 1 saturated heterocycles. The zero-order chi connectivity index (χ0) is 26.7. The predicted molar refractivity (Wildman–Crippen MR) is 146 cm³/mol. The van der Waals surface area contributed by atoms with Crippen molar-refractivity contribution in [2.75, 3.05) is 18.1 Å². The van der Waals surface area contributed by atoms with Crippen LogP contribution in [-0.4, -0.2) is 30.0 Å². The van der Waals surface area contributed by atoms with Gasteiger partial charge in [0, 0.05) is 11.3 Å². The van der Waals surface area contributed by atoms with E-state index in [-0.39, 0.29) is 21.9 Å². The summed E-state index contributed by atoms with van der Waals surface area (Å²) in [5.41, 5.74) is 2.49. The van der Waals surface area contributed by atoms with Crippen LogP contribution in [0.5, 0.6) is 11.5 Å². The second-order valence-corrected chi connectivity index (χ2v) is 9.40. The number of rotatable bonds is 8. The first kappa shape index (κ1) is 26.3. The molecule has 0 spiro atoms. The lowest BCUT2D eigenvalue weighted by atomic mass is 9.94. The fraction of sp³-hybridized carbons (Fsp3) is 0.267. The van der Waals surface area contributed by atoms with Gasteiger partial charge in [0.25, 0.3) is 11.7 Å². The van der Waals surface area contributed by atoms with E-state index in [2.05, 4.69) is 13.8 Å². The van der Waals surface area contributed by atoms with Gasteiger partial charge in [-0.2, -0.15) is 0 Å². The molecule has 0 radical (unpaired) electrons. The Balaban J connectivity index is 1.90. The molecule has 37 heavy (non-hydrogen) atoms. The first-order chi connectivity index (χ1) is 17.8. The highest BCUT2D eigenvalue weighted by Crippen LogP contribution is 2.43. The second-order valence-electron chi connectivity index (χ2n) is 8.99. The SMILES string of the molecule is CCOc1ccc(C2/C(=C(\O)c3cc(OCC)ccc3Cl)C(=O)C(=O)N2c2ccc(C(C)C)cc2)cc1. The molecular weight excluding hydrogens is 490 g/mol. The fourth-order valence-electron chi connectivity index (χ4n) is 4.43. The molecule has 1 aliphatic heterocycles. The van der Waals surface area contributed by atoms with Crippen LogP contribution in [0.15, 0.2) is 72.3 Å². The molecule has 0 aliphatic carbocycles. The Hall–Kier alpha value is -3.77. The van der Waals surface area contributed by atoms with Crippen LogP contribution in [0.4, 0.5) is 5.69 Å². The van der Waals surface area contributed by atoms with Crippen LogP contribution in [-0.2, 0) is 9.59 Å². The van der Waals surface area contributed by atoms with Gasteiger partial charge < -0.3 is 14.6 Å². The molecule has 1 N–H and O–H groups in total. The van der Waals surface area contributed by atoms with Crippen molar-refractivity contribution in [1.29, 1.82) is 0 Å². The molecule has 1 aliphatic rings. The van der Waals surface area contributed by atoms with Crippen LogP contribution in [0.3, 0.4) is 0 Å². The van der Waals surface area contributed by atoms with Crippen molar-refractivity contribution in [3.63, 3.8) is 0 Å². The molecule has 7 heteroatoms. The van der Waals surface area contributed by atoms with Crippen molar-refractivity contribution >= 4 is 34.7 Å². The summed E-state index contributed by atoms with van der Waals surface area (Å²) >= 11 is 6.43. The number of Topliss-reactive ketones (excluding diaryl/α,β-unsaturated/α-hetero) is 1. The summed E-state index contributed by atoms with van der Waals surface area (Å²) in [7, 11) is 0. The number of hydrogen-bond acceptors (Lipinski definition) is 5. The summed E-state index contributed by atoms with van der Waals surface area (Å²) in [6, 6.07) is 18.7. The molecule has 4 rings (SSSR count). The maximum atomic E-state index is 13.4. The molecule has 3 aromatic rings. The van der Waals surface area contributed by atoms with Gasteiger partial charge in [-0.25, -0.2) is 0 Å². The molecular formula is C30H30ClNO5. The largest absolute Gasteiger partial charge is 0.507 e. The Morgan fingerprint density at radius 2 is 1.51 bits per heavy atom. The summed E-state index contributed by atoms with van der Waals surface area (Å²) in [5, 5.41) is 11.7. The van der Waals surface area contributed by atoms with E-state index in [9.17, 15) is 14.7 Å². The fourth-order valence-corrected chi connectivity index (χ4v) is 4.64. The van der Waals surface area contributed by atoms with E-state index in [0.717, 1.165) is 5.56 Å². The zero-order valence-corrected chi connectivity index (χ0v) is 22.1. The van der Waals surface area contributed by atoms with Gasteiger partial charge in [0.05, 0.1) is 29.9 Å². The number of aliphatic hydroxyl groups is 1. The van der Waals surface area contributed by atoms with Crippen molar-refractivity contribution in [3.8, 4) is 11.5 Å². The van der Waals surface area contributed by atoms with Crippen LogP contribution in [0.2, 0.25) is 5.02 Å². The molecule has 1 unspecified atom stereocenters. The van der Waals surface area contributed by atoms with Crippen LogP contribution >= 0.6 is 11.6 Å². The summed E-state index contributed by atoms with van der Waals surface area (Å²) in [6.45, 7) is 8.84. The highest BCUT2D eigenvalue weighted by molar-refractivity contribution is 6.52. The van der Waals surface area contributed by atoms with Gasteiger partial charge in [-0.15, -0.1) is 0 Å². The van der Waals surface area contributed by atoms with Crippen molar-refractivity contribution in [3.05, 3.63) is 94.0 Å². The molecule has 192 valence electrons. The number of benzene rings is 3. The lowest BCUT2D eigenvalue weighted by Gasteiger charge is -2.26. The molecule has 0 aromatic heterocycles. The van der Waals surface area contributed by atoms with Gasteiger partial charge in [0.15, 0.2) is 0 Å². The number of amides is 1. The van der Waals surface area contributed by atoms with Gasteiger partial charge in [-0.3, -0.25) is 14.5 Å². The minimum Gasteiger partial charge on any atom is -0.507 e. The molecule has 1 amide bonds. The maximum absolute atomic E-state index is 13.4. The maximum Gasteiger partial charge on any atom is 0.300 e. The highest BCUT2D eigenvalue weighted by Gasteiger charge is 2.47. The van der Waals surface area contributed by atoms with Gasteiger partial charge in [-0.05, 0) is 73.4 Å². The van der Waals surface area contributed by atoms with Crippen molar-refractivity contribution < 1.29 is 24.2 Å². The van der Waals surface area contributed by atoms with Crippen LogP contribution in [0, 0.1) is 0 Å². The average Bonchev–Trinajstić information content (AvgIpc) is 3.16. The summed E-state index contributed by atoms with van der Waals surface area (Å²) in [6.07, 6.45) is 0. The summed E-state index contributed by atoms with van der Waals surface area (Å²) in [5.74, 6) is -0.408. The molecule has 1 atom stereocenters. The van der Waals surface area contributed by atoms with Gasteiger partial charge in [-0.1, -0.05) is 49.7 Å². The molecule has 1 fully saturated rings. The predicted octanol–water partition coefficient (Wildman–Crippen LogP) is 6.89. The van der Waals surface area contributed by atoms with Crippen molar-refractivity contribution in [1.82, 2.24) is 0 Å². The Labute approximate surface area is 222 Å². The Bertz CT molecular complexity index is 1330. The Morgan fingerprint density at radius 1 is 0.919 bits per heavy atom. The number of nitrogens with zero attached hydrogens (tertiary/aromatic N) is 1. The number of ether oxygens (including phenoxy) is 2. The highest BCUT2D eigenvalue weighted by atomic mass is 35.5. The Kier molecular flexibility index (Phi) is 7.89. The third kappa shape index (κ3) is 5.20. The number of ketones is 1. The lowest BCUT2D eigenvalue weighted by Crippen LogP contribution is -2.29. The normalized spacial score (nSPS) is 16.9. The summed E-state index contributed by atoms with van der Waals surface area (Å²) < 4.78 is 11.1. The quantitative estimate of drug-likeness (QED) is 0.199. The number of carbonyl (C=O) groups excluding carboxylic acids is 2. The van der Waals surface area contributed by atoms with Gasteiger partial charge >= 0.3 is 0 Å². The molecule has 0 bridgehead atoms. The number of hydrogen-bond donors (Lipinski definition) is 1. The minimum atomic E-state index is -0.868. The van der Waals surface area contributed by atoms with E-state index < -0.39 is 17.7 Å². The second kappa shape index (κ2) is 11.1. The van der Waals surface area contributed by atoms with E-state index in [4.69, 9.17) is 21.1 Å². The Morgan fingerprint density at radius 3 is 2.11 bits per heavy atom. The third-order valence-electron chi connectivity index (χ3n) is 6.29. The number of halogens is 1. The van der Waals surface area contributed by atoms with E-state index in [0.29, 0.717) is 41.9 Å². The van der Waals surface area contributed by atoms with E-state index in [1.807, 2.05) is 38.1 Å². The summed E-state index contributed by atoms with van der Waals surface area (Å²) in [4.78, 5) is 28.3. The van der Waals surface area contributed by atoms with E-state index in [1.54, 1.807) is 42.5 Å². The van der Waals surface area contributed by atoms with Crippen molar-refractivity contribution in [2.45, 2.75) is 39.7 Å². The molecule has 3 aromatic carbocycles. The van der Waals surface area contributed by atoms with Crippen LogP contribution < -0.4 is 14.4 Å². The van der Waals surface area contributed by atoms with Crippen LogP contribution in [0.25, 0.3) is 5.76 Å².